The average molecular weight is 327 g/mol. The summed E-state index contributed by atoms with van der Waals surface area (Å²) in [5, 5.41) is 0. The molecule has 0 amide bonds. The van der Waals surface area contributed by atoms with Gasteiger partial charge in [0.15, 0.2) is 5.82 Å². The Morgan fingerprint density at radius 1 is 1.25 bits per heavy atom. The minimum absolute atomic E-state index is 0.119. The van der Waals surface area contributed by atoms with Gasteiger partial charge in [-0.3, -0.25) is 4.79 Å². The predicted octanol–water partition coefficient (Wildman–Crippen LogP) is 2.05. The topological polar surface area (TPSA) is 58.6 Å². The summed E-state index contributed by atoms with van der Waals surface area (Å²) in [6.07, 6.45) is 0. The maximum absolute atomic E-state index is 11.6. The molecule has 16 heavy (non-hydrogen) atoms. The normalized spacial score (nSPS) is 10.4. The Hall–Kier alpha value is -1.24. The zero-order chi connectivity index (χ0) is 11.7. The molecule has 0 fully saturated rings. The van der Waals surface area contributed by atoms with Crippen molar-refractivity contribution < 1.29 is 0 Å². The van der Waals surface area contributed by atoms with E-state index in [1.165, 1.54) is 0 Å². The van der Waals surface area contributed by atoms with Crippen molar-refractivity contribution in [2.45, 2.75) is 13.8 Å². The van der Waals surface area contributed by atoms with Crippen molar-refractivity contribution in [3.63, 3.8) is 0 Å². The standard InChI is InChI=1S/C11H10IN3O/c1-6-4-3-5-8(13-6)10-14-7(2)9(12)11(16)15-10/h3-5H,1-2H3,(H,14,15,16). The van der Waals surface area contributed by atoms with Crippen LogP contribution in [-0.2, 0) is 0 Å². The van der Waals surface area contributed by atoms with Crippen LogP contribution in [0, 0.1) is 17.4 Å². The van der Waals surface area contributed by atoms with E-state index in [0.717, 1.165) is 11.4 Å². The zero-order valence-corrected chi connectivity index (χ0v) is 11.1. The van der Waals surface area contributed by atoms with Crippen molar-refractivity contribution in [2.24, 2.45) is 0 Å². The molecule has 2 rings (SSSR count). The van der Waals surface area contributed by atoms with E-state index in [4.69, 9.17) is 0 Å². The number of hydrogen-bond donors (Lipinski definition) is 1. The highest BCUT2D eigenvalue weighted by atomic mass is 127. The van der Waals surface area contributed by atoms with E-state index in [-0.39, 0.29) is 5.56 Å². The van der Waals surface area contributed by atoms with Crippen molar-refractivity contribution in [1.29, 1.82) is 0 Å². The van der Waals surface area contributed by atoms with Crippen molar-refractivity contribution in [3.05, 3.63) is 43.5 Å². The van der Waals surface area contributed by atoms with Gasteiger partial charge in [0, 0.05) is 5.69 Å². The lowest BCUT2D eigenvalue weighted by molar-refractivity contribution is 1.03. The van der Waals surface area contributed by atoms with E-state index in [2.05, 4.69) is 15.0 Å². The Morgan fingerprint density at radius 2 is 2.00 bits per heavy atom. The van der Waals surface area contributed by atoms with Crippen LogP contribution in [0.1, 0.15) is 11.4 Å². The molecule has 4 nitrogen and oxygen atoms in total. The molecule has 82 valence electrons. The second-order valence-electron chi connectivity index (χ2n) is 3.48. The van der Waals surface area contributed by atoms with E-state index >= 15 is 0 Å². The van der Waals surface area contributed by atoms with Gasteiger partial charge in [-0.25, -0.2) is 9.97 Å². The van der Waals surface area contributed by atoms with Crippen molar-refractivity contribution >= 4 is 22.6 Å². The van der Waals surface area contributed by atoms with Crippen molar-refractivity contribution in [1.82, 2.24) is 15.0 Å². The fraction of sp³-hybridized carbons (Fsp3) is 0.182. The molecule has 0 aliphatic carbocycles. The fourth-order valence-corrected chi connectivity index (χ4v) is 1.62. The number of aromatic nitrogens is 3. The first-order chi connectivity index (χ1) is 7.58. The second kappa shape index (κ2) is 4.32. The predicted molar refractivity (Wildman–Crippen MR) is 70.3 cm³/mol. The third-order valence-electron chi connectivity index (χ3n) is 2.16. The lowest BCUT2D eigenvalue weighted by atomic mass is 10.3. The Morgan fingerprint density at radius 3 is 2.62 bits per heavy atom. The Kier molecular flexibility index (Phi) is 3.04. The van der Waals surface area contributed by atoms with Crippen LogP contribution in [-0.4, -0.2) is 15.0 Å². The lowest BCUT2D eigenvalue weighted by Gasteiger charge is -2.03. The van der Waals surface area contributed by atoms with Gasteiger partial charge in [0.2, 0.25) is 0 Å². The molecular weight excluding hydrogens is 317 g/mol. The van der Waals surface area contributed by atoms with Gasteiger partial charge in [-0.15, -0.1) is 0 Å². The molecule has 0 bridgehead atoms. The van der Waals surface area contributed by atoms with Crippen LogP contribution in [0.15, 0.2) is 23.0 Å². The smallest absolute Gasteiger partial charge is 0.264 e. The minimum atomic E-state index is -0.119. The first-order valence-electron chi connectivity index (χ1n) is 4.78. The van der Waals surface area contributed by atoms with Gasteiger partial charge in [-0.05, 0) is 48.6 Å². The zero-order valence-electron chi connectivity index (χ0n) is 8.91. The highest BCUT2D eigenvalue weighted by Crippen LogP contribution is 2.12. The Bertz CT molecular complexity index is 592. The minimum Gasteiger partial charge on any atom is -0.304 e. The summed E-state index contributed by atoms with van der Waals surface area (Å²) in [6, 6.07) is 5.63. The molecule has 0 aliphatic heterocycles. The molecule has 1 N–H and O–H groups in total. The largest absolute Gasteiger partial charge is 0.304 e. The highest BCUT2D eigenvalue weighted by molar-refractivity contribution is 14.1. The van der Waals surface area contributed by atoms with Crippen LogP contribution in [0.2, 0.25) is 0 Å². The SMILES string of the molecule is Cc1cccc(-c2nc(C)c(I)c(=O)[nH]2)n1. The van der Waals surface area contributed by atoms with Gasteiger partial charge in [0.25, 0.3) is 5.56 Å². The molecule has 0 atom stereocenters. The average Bonchev–Trinajstić information content (AvgIpc) is 2.25. The Labute approximate surface area is 106 Å². The molecule has 0 saturated heterocycles. The van der Waals surface area contributed by atoms with Gasteiger partial charge < -0.3 is 4.98 Å². The summed E-state index contributed by atoms with van der Waals surface area (Å²) in [5.74, 6) is 0.520. The molecule has 0 saturated carbocycles. The van der Waals surface area contributed by atoms with Gasteiger partial charge in [-0.1, -0.05) is 6.07 Å². The van der Waals surface area contributed by atoms with Crippen LogP contribution < -0.4 is 5.56 Å². The maximum Gasteiger partial charge on any atom is 0.264 e. The molecule has 0 radical (unpaired) electrons. The molecule has 2 aromatic rings. The molecule has 2 heterocycles. The first-order valence-corrected chi connectivity index (χ1v) is 5.86. The molecule has 2 aromatic heterocycles. The van der Waals surface area contributed by atoms with Crippen LogP contribution in [0.25, 0.3) is 11.5 Å². The van der Waals surface area contributed by atoms with E-state index in [9.17, 15) is 4.79 Å². The third kappa shape index (κ3) is 2.13. The molecule has 0 aromatic carbocycles. The molecule has 0 aliphatic rings. The molecular formula is C11H10IN3O. The van der Waals surface area contributed by atoms with Gasteiger partial charge in [0.1, 0.15) is 5.69 Å². The van der Waals surface area contributed by atoms with Gasteiger partial charge >= 0.3 is 0 Å². The van der Waals surface area contributed by atoms with E-state index in [1.54, 1.807) is 0 Å². The molecule has 0 spiro atoms. The van der Waals surface area contributed by atoms with Crippen LogP contribution in [0.5, 0.6) is 0 Å². The van der Waals surface area contributed by atoms with E-state index in [1.807, 2.05) is 54.6 Å². The van der Waals surface area contributed by atoms with E-state index in [0.29, 0.717) is 15.1 Å². The third-order valence-corrected chi connectivity index (χ3v) is 3.43. The summed E-state index contributed by atoms with van der Waals surface area (Å²) in [4.78, 5) is 23.0. The number of rotatable bonds is 1. The summed E-state index contributed by atoms with van der Waals surface area (Å²) in [5.41, 5.74) is 2.20. The number of H-pyrrole nitrogens is 1. The van der Waals surface area contributed by atoms with Crippen LogP contribution in [0.4, 0.5) is 0 Å². The molecule has 0 unspecified atom stereocenters. The van der Waals surface area contributed by atoms with Crippen LogP contribution >= 0.6 is 22.6 Å². The van der Waals surface area contributed by atoms with Crippen molar-refractivity contribution in [3.8, 4) is 11.5 Å². The van der Waals surface area contributed by atoms with Gasteiger partial charge in [0.05, 0.1) is 9.26 Å². The number of hydrogen-bond acceptors (Lipinski definition) is 3. The number of aryl methyl sites for hydroxylation is 2. The number of nitrogens with zero attached hydrogens (tertiary/aromatic N) is 2. The lowest BCUT2D eigenvalue weighted by Crippen LogP contribution is -2.14. The summed E-state index contributed by atoms with van der Waals surface area (Å²) in [6.45, 7) is 3.72. The van der Waals surface area contributed by atoms with E-state index < -0.39 is 0 Å². The number of aromatic amines is 1. The Balaban J connectivity index is 2.61. The first kappa shape index (κ1) is 11.3. The van der Waals surface area contributed by atoms with Crippen molar-refractivity contribution in [2.75, 3.05) is 0 Å². The van der Waals surface area contributed by atoms with Gasteiger partial charge in [-0.2, -0.15) is 0 Å². The quantitative estimate of drug-likeness (QED) is 0.816. The number of pyridine rings is 1. The number of nitrogens with one attached hydrogen (secondary N) is 1. The molecule has 5 heteroatoms. The highest BCUT2D eigenvalue weighted by Gasteiger charge is 2.07. The fourth-order valence-electron chi connectivity index (χ4n) is 1.37. The summed E-state index contributed by atoms with van der Waals surface area (Å²) >= 11 is 1.98. The number of halogens is 1. The second-order valence-corrected chi connectivity index (χ2v) is 4.56. The summed E-state index contributed by atoms with van der Waals surface area (Å²) in [7, 11) is 0. The van der Waals surface area contributed by atoms with Crippen LogP contribution in [0.3, 0.4) is 0 Å². The summed E-state index contributed by atoms with van der Waals surface area (Å²) < 4.78 is 0.619. The monoisotopic (exact) mass is 327 g/mol. The maximum atomic E-state index is 11.6.